The molecule has 0 aliphatic carbocycles. The van der Waals surface area contributed by atoms with Crippen molar-refractivity contribution in [3.8, 4) is 0 Å². The van der Waals surface area contributed by atoms with Gasteiger partial charge in [0.15, 0.2) is 0 Å². The van der Waals surface area contributed by atoms with Crippen molar-refractivity contribution < 1.29 is 14.6 Å². The van der Waals surface area contributed by atoms with Crippen molar-refractivity contribution in [1.82, 2.24) is 9.88 Å². The first-order valence-electron chi connectivity index (χ1n) is 7.34. The summed E-state index contributed by atoms with van der Waals surface area (Å²) < 4.78 is 5.34. The summed E-state index contributed by atoms with van der Waals surface area (Å²) in [5.41, 5.74) is 1.13. The molecule has 0 bridgehead atoms. The van der Waals surface area contributed by atoms with Gasteiger partial charge in [0.2, 0.25) is 0 Å². The van der Waals surface area contributed by atoms with Crippen LogP contribution < -0.4 is 4.90 Å². The van der Waals surface area contributed by atoms with Crippen molar-refractivity contribution in [1.29, 1.82) is 0 Å². The largest absolute Gasteiger partial charge is 0.481 e. The van der Waals surface area contributed by atoms with Crippen LogP contribution in [0, 0.1) is 6.92 Å². The molecular formula is C15H23N3O3. The SMILES string of the molecule is Cc1ccnc(N(CCC(=O)O)CCN2CCOCC2)c1. The Morgan fingerprint density at radius 3 is 2.86 bits per heavy atom. The Morgan fingerprint density at radius 2 is 2.19 bits per heavy atom. The fraction of sp³-hybridized carbons (Fsp3) is 0.600. The number of rotatable bonds is 7. The fourth-order valence-electron chi connectivity index (χ4n) is 2.35. The number of aromatic nitrogens is 1. The van der Waals surface area contributed by atoms with Crippen LogP contribution in [-0.4, -0.2) is 66.9 Å². The van der Waals surface area contributed by atoms with Gasteiger partial charge in [0, 0.05) is 38.9 Å². The summed E-state index contributed by atoms with van der Waals surface area (Å²) >= 11 is 0. The van der Waals surface area contributed by atoms with E-state index in [9.17, 15) is 4.79 Å². The number of carboxylic acids is 1. The summed E-state index contributed by atoms with van der Waals surface area (Å²) in [7, 11) is 0. The highest BCUT2D eigenvalue weighted by molar-refractivity contribution is 5.67. The van der Waals surface area contributed by atoms with Gasteiger partial charge >= 0.3 is 5.97 Å². The minimum absolute atomic E-state index is 0.124. The number of hydrogen-bond acceptors (Lipinski definition) is 5. The number of morpholine rings is 1. The van der Waals surface area contributed by atoms with Gasteiger partial charge in [-0.1, -0.05) is 0 Å². The second kappa shape index (κ2) is 7.95. The zero-order valence-electron chi connectivity index (χ0n) is 12.5. The molecule has 21 heavy (non-hydrogen) atoms. The van der Waals surface area contributed by atoms with Gasteiger partial charge in [-0.15, -0.1) is 0 Å². The molecule has 0 atom stereocenters. The van der Waals surface area contributed by atoms with Crippen LogP contribution in [0.25, 0.3) is 0 Å². The van der Waals surface area contributed by atoms with Gasteiger partial charge in [0.05, 0.1) is 19.6 Å². The molecule has 1 aromatic rings. The predicted molar refractivity (Wildman–Crippen MR) is 80.7 cm³/mol. The number of carboxylic acid groups (broad SMARTS) is 1. The third-order valence-electron chi connectivity index (χ3n) is 3.61. The summed E-state index contributed by atoms with van der Waals surface area (Å²) in [6.07, 6.45) is 1.89. The van der Waals surface area contributed by atoms with Crippen LogP contribution in [-0.2, 0) is 9.53 Å². The van der Waals surface area contributed by atoms with Gasteiger partial charge in [0.25, 0.3) is 0 Å². The van der Waals surface area contributed by atoms with Crippen molar-refractivity contribution in [2.24, 2.45) is 0 Å². The van der Waals surface area contributed by atoms with Gasteiger partial charge in [-0.25, -0.2) is 4.98 Å². The van der Waals surface area contributed by atoms with Crippen LogP contribution in [0.15, 0.2) is 18.3 Å². The summed E-state index contributed by atoms with van der Waals surface area (Å²) in [5.74, 6) is 0.0727. The molecule has 0 spiro atoms. The van der Waals surface area contributed by atoms with E-state index in [-0.39, 0.29) is 6.42 Å². The maximum Gasteiger partial charge on any atom is 0.305 e. The average Bonchev–Trinajstić information content (AvgIpc) is 2.48. The quantitative estimate of drug-likeness (QED) is 0.809. The van der Waals surface area contributed by atoms with E-state index in [1.54, 1.807) is 6.20 Å². The zero-order chi connectivity index (χ0) is 15.1. The summed E-state index contributed by atoms with van der Waals surface area (Å²) in [6, 6.07) is 3.95. The van der Waals surface area contributed by atoms with Crippen molar-refractivity contribution in [2.75, 3.05) is 50.8 Å². The summed E-state index contributed by atoms with van der Waals surface area (Å²) in [4.78, 5) is 19.6. The van der Waals surface area contributed by atoms with Crippen LogP contribution in [0.3, 0.4) is 0 Å². The third kappa shape index (κ3) is 5.32. The molecule has 0 amide bonds. The van der Waals surface area contributed by atoms with Crippen LogP contribution in [0.2, 0.25) is 0 Å². The molecule has 2 heterocycles. The van der Waals surface area contributed by atoms with Crippen LogP contribution in [0.5, 0.6) is 0 Å². The maximum atomic E-state index is 10.8. The molecule has 1 N–H and O–H groups in total. The van der Waals surface area contributed by atoms with Crippen molar-refractivity contribution >= 4 is 11.8 Å². The lowest BCUT2D eigenvalue weighted by Crippen LogP contribution is -2.42. The lowest BCUT2D eigenvalue weighted by molar-refractivity contribution is -0.136. The lowest BCUT2D eigenvalue weighted by Gasteiger charge is -2.30. The highest BCUT2D eigenvalue weighted by Crippen LogP contribution is 2.13. The van der Waals surface area contributed by atoms with Crippen LogP contribution >= 0.6 is 0 Å². The van der Waals surface area contributed by atoms with E-state index in [0.717, 1.165) is 50.8 Å². The predicted octanol–water partition coefficient (Wildman–Crippen LogP) is 1.00. The molecule has 1 aliphatic rings. The van der Waals surface area contributed by atoms with Crippen molar-refractivity contribution in [2.45, 2.75) is 13.3 Å². The Bertz CT molecular complexity index is 461. The van der Waals surface area contributed by atoms with E-state index in [1.165, 1.54) is 0 Å². The summed E-state index contributed by atoms with van der Waals surface area (Å²) in [6.45, 7) is 7.61. The number of pyridine rings is 1. The Labute approximate surface area is 125 Å². The van der Waals surface area contributed by atoms with Gasteiger partial charge in [-0.05, 0) is 24.6 Å². The van der Waals surface area contributed by atoms with Gasteiger partial charge < -0.3 is 14.7 Å². The van der Waals surface area contributed by atoms with Crippen molar-refractivity contribution in [3.63, 3.8) is 0 Å². The zero-order valence-corrected chi connectivity index (χ0v) is 12.5. The Morgan fingerprint density at radius 1 is 1.43 bits per heavy atom. The summed E-state index contributed by atoms with van der Waals surface area (Å²) in [5, 5.41) is 8.91. The Hall–Kier alpha value is -1.66. The monoisotopic (exact) mass is 293 g/mol. The van der Waals surface area contributed by atoms with E-state index in [1.807, 2.05) is 19.1 Å². The van der Waals surface area contributed by atoms with E-state index in [0.29, 0.717) is 6.54 Å². The lowest BCUT2D eigenvalue weighted by atomic mass is 10.2. The van der Waals surface area contributed by atoms with E-state index in [2.05, 4.69) is 14.8 Å². The highest BCUT2D eigenvalue weighted by Gasteiger charge is 2.14. The molecule has 1 saturated heterocycles. The maximum absolute atomic E-state index is 10.8. The van der Waals surface area contributed by atoms with Crippen molar-refractivity contribution in [3.05, 3.63) is 23.9 Å². The topological polar surface area (TPSA) is 65.9 Å². The minimum Gasteiger partial charge on any atom is -0.481 e. The van der Waals surface area contributed by atoms with E-state index in [4.69, 9.17) is 9.84 Å². The molecule has 0 saturated carbocycles. The molecular weight excluding hydrogens is 270 g/mol. The highest BCUT2D eigenvalue weighted by atomic mass is 16.5. The van der Waals surface area contributed by atoms with Gasteiger partial charge in [-0.2, -0.15) is 0 Å². The molecule has 1 fully saturated rings. The fourth-order valence-corrected chi connectivity index (χ4v) is 2.35. The Kier molecular flexibility index (Phi) is 5.95. The Balaban J connectivity index is 1.95. The number of aryl methyl sites for hydroxylation is 1. The number of ether oxygens (including phenoxy) is 1. The average molecular weight is 293 g/mol. The second-order valence-corrected chi connectivity index (χ2v) is 5.28. The number of anilines is 1. The number of hydrogen-bond donors (Lipinski definition) is 1. The van der Waals surface area contributed by atoms with Crippen LogP contribution in [0.1, 0.15) is 12.0 Å². The number of carbonyl (C=O) groups is 1. The molecule has 2 rings (SSSR count). The molecule has 0 unspecified atom stereocenters. The third-order valence-corrected chi connectivity index (χ3v) is 3.61. The smallest absolute Gasteiger partial charge is 0.305 e. The molecule has 116 valence electrons. The number of nitrogens with zero attached hydrogens (tertiary/aromatic N) is 3. The molecule has 1 aliphatic heterocycles. The number of aliphatic carboxylic acids is 1. The molecule has 6 nitrogen and oxygen atoms in total. The van der Waals surface area contributed by atoms with Gasteiger partial charge in [0.1, 0.15) is 5.82 Å². The van der Waals surface area contributed by atoms with Crippen LogP contribution in [0.4, 0.5) is 5.82 Å². The molecule has 0 radical (unpaired) electrons. The van der Waals surface area contributed by atoms with E-state index < -0.39 is 5.97 Å². The first kappa shape index (κ1) is 15.7. The van der Waals surface area contributed by atoms with Gasteiger partial charge in [-0.3, -0.25) is 9.69 Å². The molecule has 1 aromatic heterocycles. The standard InChI is InChI=1S/C15H23N3O3/c1-13-2-4-16-14(12-13)18(5-3-15(19)20)7-6-17-8-10-21-11-9-17/h2,4,12H,3,5-11H2,1H3,(H,19,20). The first-order valence-corrected chi connectivity index (χ1v) is 7.34. The first-order chi connectivity index (χ1) is 10.1. The van der Waals surface area contributed by atoms with E-state index >= 15 is 0 Å². The molecule has 0 aromatic carbocycles. The second-order valence-electron chi connectivity index (χ2n) is 5.28. The molecule has 6 heteroatoms. The normalized spacial score (nSPS) is 15.9. The minimum atomic E-state index is -0.779.